The Bertz CT molecular complexity index is 587. The molecule has 1 N–H and O–H groups in total. The van der Waals surface area contributed by atoms with E-state index in [4.69, 9.17) is 0 Å². The van der Waals surface area contributed by atoms with Crippen molar-refractivity contribution in [2.24, 2.45) is 5.92 Å². The molecule has 0 aliphatic rings. The van der Waals surface area contributed by atoms with Crippen molar-refractivity contribution in [2.45, 2.75) is 13.0 Å². The van der Waals surface area contributed by atoms with Crippen LogP contribution < -0.4 is 0 Å². The number of carbonyl (C=O) groups excluding carboxylic acids is 1. The number of fused-ring (bicyclic) bond motifs is 1. The molecule has 0 spiro atoms. The van der Waals surface area contributed by atoms with E-state index < -0.39 is 12.0 Å². The van der Waals surface area contributed by atoms with Crippen LogP contribution in [0.2, 0.25) is 0 Å². The maximum atomic E-state index is 12.0. The molecule has 3 heteroatoms. The number of nitrogens with zero attached hydrogens (tertiary/aromatic N) is 1. The fourth-order valence-corrected chi connectivity index (χ4v) is 2.32. The van der Waals surface area contributed by atoms with Crippen molar-refractivity contribution in [3.8, 4) is 0 Å². The maximum absolute atomic E-state index is 12.0. The largest absolute Gasteiger partial charge is 0.388 e. The van der Waals surface area contributed by atoms with Gasteiger partial charge in [-0.3, -0.25) is 4.79 Å². The first-order valence-corrected chi connectivity index (χ1v) is 6.39. The van der Waals surface area contributed by atoms with E-state index in [1.165, 1.54) is 4.90 Å². The van der Waals surface area contributed by atoms with Crippen LogP contribution in [0.25, 0.3) is 10.8 Å². The molecule has 100 valence electrons. The van der Waals surface area contributed by atoms with Gasteiger partial charge in [0.1, 0.15) is 0 Å². The molecular formula is C16H19NO2. The van der Waals surface area contributed by atoms with Gasteiger partial charge < -0.3 is 10.0 Å². The Labute approximate surface area is 113 Å². The molecule has 2 atom stereocenters. The molecule has 1 amide bonds. The fourth-order valence-electron chi connectivity index (χ4n) is 2.32. The van der Waals surface area contributed by atoms with Crippen LogP contribution in [-0.4, -0.2) is 30.0 Å². The molecule has 0 radical (unpaired) electrons. The van der Waals surface area contributed by atoms with Gasteiger partial charge >= 0.3 is 0 Å². The highest BCUT2D eigenvalue weighted by atomic mass is 16.3. The summed E-state index contributed by atoms with van der Waals surface area (Å²) in [6.45, 7) is 1.76. The third kappa shape index (κ3) is 2.61. The van der Waals surface area contributed by atoms with E-state index in [1.54, 1.807) is 21.0 Å². The lowest BCUT2D eigenvalue weighted by Crippen LogP contribution is -2.31. The zero-order valence-electron chi connectivity index (χ0n) is 11.5. The quantitative estimate of drug-likeness (QED) is 0.918. The minimum absolute atomic E-state index is 0.0690. The molecule has 2 aromatic carbocycles. The summed E-state index contributed by atoms with van der Waals surface area (Å²) in [6, 6.07) is 13.7. The van der Waals surface area contributed by atoms with Gasteiger partial charge in [-0.05, 0) is 16.3 Å². The smallest absolute Gasteiger partial charge is 0.227 e. The number of amides is 1. The molecule has 0 saturated carbocycles. The van der Waals surface area contributed by atoms with E-state index in [2.05, 4.69) is 0 Å². The Morgan fingerprint density at radius 1 is 1.11 bits per heavy atom. The van der Waals surface area contributed by atoms with E-state index in [1.807, 2.05) is 42.5 Å². The molecule has 0 heterocycles. The number of hydrogen-bond donors (Lipinski definition) is 1. The first kappa shape index (κ1) is 13.6. The highest BCUT2D eigenvalue weighted by Crippen LogP contribution is 2.29. The molecular weight excluding hydrogens is 238 g/mol. The number of benzene rings is 2. The Hall–Kier alpha value is -1.87. The predicted molar refractivity (Wildman–Crippen MR) is 76.8 cm³/mol. The maximum Gasteiger partial charge on any atom is 0.227 e. The molecule has 0 fully saturated rings. The van der Waals surface area contributed by atoms with Crippen molar-refractivity contribution < 1.29 is 9.90 Å². The number of aliphatic hydroxyl groups excluding tert-OH is 1. The highest BCUT2D eigenvalue weighted by Gasteiger charge is 2.25. The van der Waals surface area contributed by atoms with Gasteiger partial charge in [-0.2, -0.15) is 0 Å². The Kier molecular flexibility index (Phi) is 3.86. The molecule has 19 heavy (non-hydrogen) atoms. The highest BCUT2D eigenvalue weighted by molar-refractivity contribution is 5.87. The van der Waals surface area contributed by atoms with Crippen LogP contribution in [0.1, 0.15) is 18.6 Å². The lowest BCUT2D eigenvalue weighted by molar-refractivity contribution is -0.136. The van der Waals surface area contributed by atoms with E-state index in [0.29, 0.717) is 0 Å². The molecule has 0 unspecified atom stereocenters. The number of hydrogen-bond acceptors (Lipinski definition) is 2. The Morgan fingerprint density at radius 2 is 1.74 bits per heavy atom. The van der Waals surface area contributed by atoms with E-state index >= 15 is 0 Å². The lowest BCUT2D eigenvalue weighted by atomic mass is 9.92. The average molecular weight is 257 g/mol. The van der Waals surface area contributed by atoms with Gasteiger partial charge in [0.2, 0.25) is 5.91 Å². The molecule has 0 aliphatic carbocycles. The van der Waals surface area contributed by atoms with Crippen LogP contribution in [0.15, 0.2) is 42.5 Å². The minimum atomic E-state index is -0.791. The number of rotatable bonds is 3. The minimum Gasteiger partial charge on any atom is -0.388 e. The van der Waals surface area contributed by atoms with Crippen LogP contribution >= 0.6 is 0 Å². The Morgan fingerprint density at radius 3 is 2.42 bits per heavy atom. The van der Waals surface area contributed by atoms with E-state index in [9.17, 15) is 9.90 Å². The zero-order valence-corrected chi connectivity index (χ0v) is 11.5. The van der Waals surface area contributed by atoms with Crippen LogP contribution in [0, 0.1) is 5.92 Å². The van der Waals surface area contributed by atoms with Crippen molar-refractivity contribution in [1.82, 2.24) is 4.90 Å². The van der Waals surface area contributed by atoms with Crippen molar-refractivity contribution in [1.29, 1.82) is 0 Å². The zero-order chi connectivity index (χ0) is 14.0. The van der Waals surface area contributed by atoms with E-state index in [0.717, 1.165) is 16.3 Å². The molecule has 0 saturated heterocycles. The van der Waals surface area contributed by atoms with Gasteiger partial charge in [-0.25, -0.2) is 0 Å². The second kappa shape index (κ2) is 5.41. The normalized spacial score (nSPS) is 14.1. The molecule has 0 aliphatic heterocycles. The Balaban J connectivity index is 2.41. The van der Waals surface area contributed by atoms with Gasteiger partial charge in [-0.15, -0.1) is 0 Å². The van der Waals surface area contributed by atoms with E-state index in [-0.39, 0.29) is 5.91 Å². The third-order valence-electron chi connectivity index (χ3n) is 3.45. The molecule has 2 rings (SSSR count). The number of aliphatic hydroxyl groups is 1. The third-order valence-corrected chi connectivity index (χ3v) is 3.45. The summed E-state index contributed by atoms with van der Waals surface area (Å²) in [4.78, 5) is 13.5. The van der Waals surface area contributed by atoms with Crippen molar-refractivity contribution in [3.63, 3.8) is 0 Å². The summed E-state index contributed by atoms with van der Waals surface area (Å²) >= 11 is 0. The SMILES string of the molecule is C[C@@H](C(=O)N(C)C)[C@H](O)c1cccc2ccccc12. The van der Waals surface area contributed by atoms with Gasteiger partial charge in [0.05, 0.1) is 12.0 Å². The van der Waals surface area contributed by atoms with Crippen LogP contribution in [0.4, 0.5) is 0 Å². The summed E-state index contributed by atoms with van der Waals surface area (Å²) in [7, 11) is 3.41. The average Bonchev–Trinajstić information content (AvgIpc) is 2.44. The summed E-state index contributed by atoms with van der Waals surface area (Å²) in [5, 5.41) is 12.5. The van der Waals surface area contributed by atoms with Crippen LogP contribution in [-0.2, 0) is 4.79 Å². The summed E-state index contributed by atoms with van der Waals surface area (Å²) in [5.41, 5.74) is 0.806. The topological polar surface area (TPSA) is 40.5 Å². The van der Waals surface area contributed by atoms with Gasteiger partial charge in [0.25, 0.3) is 0 Å². The van der Waals surface area contributed by atoms with Crippen molar-refractivity contribution in [3.05, 3.63) is 48.0 Å². The second-order valence-corrected chi connectivity index (χ2v) is 5.03. The fraction of sp³-hybridized carbons (Fsp3) is 0.312. The molecule has 2 aromatic rings. The van der Waals surface area contributed by atoms with Gasteiger partial charge in [0, 0.05) is 14.1 Å². The molecule has 0 aromatic heterocycles. The summed E-state index contributed by atoms with van der Waals surface area (Å²) in [6.07, 6.45) is -0.791. The number of carbonyl (C=O) groups is 1. The van der Waals surface area contributed by atoms with Crippen LogP contribution in [0.5, 0.6) is 0 Å². The van der Waals surface area contributed by atoms with Crippen molar-refractivity contribution in [2.75, 3.05) is 14.1 Å². The lowest BCUT2D eigenvalue weighted by Gasteiger charge is -2.23. The first-order chi connectivity index (χ1) is 9.02. The van der Waals surface area contributed by atoms with Gasteiger partial charge in [-0.1, -0.05) is 49.4 Å². The molecule has 0 bridgehead atoms. The first-order valence-electron chi connectivity index (χ1n) is 6.39. The standard InChI is InChI=1S/C16H19NO2/c1-11(16(19)17(2)3)15(18)14-10-6-8-12-7-4-5-9-13(12)14/h4-11,15,18H,1-3H3/t11-,15+/m1/s1. The van der Waals surface area contributed by atoms with Gasteiger partial charge in [0.15, 0.2) is 0 Å². The van der Waals surface area contributed by atoms with Crippen molar-refractivity contribution >= 4 is 16.7 Å². The monoisotopic (exact) mass is 257 g/mol. The summed E-state index contributed by atoms with van der Waals surface area (Å²) < 4.78 is 0. The molecule has 3 nitrogen and oxygen atoms in total. The summed E-state index contributed by atoms with van der Waals surface area (Å²) in [5.74, 6) is -0.527. The second-order valence-electron chi connectivity index (χ2n) is 5.03. The predicted octanol–water partition coefficient (Wildman–Crippen LogP) is 2.60. The van der Waals surface area contributed by atoms with Crippen LogP contribution in [0.3, 0.4) is 0 Å².